The molecule has 1 aromatic heterocycles. The van der Waals surface area contributed by atoms with E-state index in [0.717, 1.165) is 49.2 Å². The lowest BCUT2D eigenvalue weighted by Crippen LogP contribution is -2.34. The second-order valence-corrected chi connectivity index (χ2v) is 12.3. The van der Waals surface area contributed by atoms with Crippen molar-refractivity contribution in [2.45, 2.75) is 57.4 Å². The smallest absolute Gasteiger partial charge is 0.414 e. The fraction of sp³-hybridized carbons (Fsp3) is 0.500. The summed E-state index contributed by atoms with van der Waals surface area (Å²) in [6.07, 6.45) is 3.49. The molecule has 0 atom stereocenters. The van der Waals surface area contributed by atoms with E-state index in [1.165, 1.54) is 39.9 Å². The van der Waals surface area contributed by atoms with Gasteiger partial charge >= 0.3 is 6.09 Å². The number of nitrogens with zero attached hydrogens (tertiary/aromatic N) is 2. The zero-order chi connectivity index (χ0) is 27.3. The van der Waals surface area contributed by atoms with E-state index in [-0.39, 0.29) is 22.6 Å². The molecule has 2 aliphatic heterocycles. The first-order valence-electron chi connectivity index (χ1n) is 13.0. The normalized spacial score (nSPS) is 16.8. The van der Waals surface area contributed by atoms with Gasteiger partial charge in [0.1, 0.15) is 5.00 Å². The number of carbonyl (C=O) groups excluding carboxylic acids is 3. The molecule has 0 bridgehead atoms. The van der Waals surface area contributed by atoms with E-state index in [0.29, 0.717) is 31.1 Å². The number of sulfonamides is 1. The topological polar surface area (TPSA) is 125 Å². The summed E-state index contributed by atoms with van der Waals surface area (Å²) in [5, 5.41) is 5.41. The van der Waals surface area contributed by atoms with E-state index in [2.05, 4.69) is 22.5 Å². The lowest BCUT2D eigenvalue weighted by molar-refractivity contribution is 0.0924. The Hall–Kier alpha value is -2.80. The molecule has 1 saturated heterocycles. The molecule has 38 heavy (non-hydrogen) atoms. The van der Waals surface area contributed by atoms with Gasteiger partial charge in [-0.1, -0.05) is 19.8 Å². The van der Waals surface area contributed by atoms with Crippen LogP contribution in [0.1, 0.15) is 70.7 Å². The van der Waals surface area contributed by atoms with Crippen molar-refractivity contribution >= 4 is 44.3 Å². The van der Waals surface area contributed by atoms with Crippen LogP contribution in [0, 0.1) is 0 Å². The van der Waals surface area contributed by atoms with E-state index in [1.54, 1.807) is 6.92 Å². The number of imide groups is 1. The Balaban J connectivity index is 1.56. The molecule has 1 fully saturated rings. The third kappa shape index (κ3) is 6.25. The van der Waals surface area contributed by atoms with Gasteiger partial charge in [-0.05, 0) is 62.6 Å². The SMILES string of the molecule is CCOC(=O)NC(=O)c1c(NC(=O)c2ccc(S(=O)(=O)N3CCCCCC3)cc2)sc2c1CCN(CC)C2. The van der Waals surface area contributed by atoms with Crippen LogP contribution in [0.4, 0.5) is 9.80 Å². The molecule has 2 aromatic rings. The Morgan fingerprint density at radius 1 is 0.974 bits per heavy atom. The van der Waals surface area contributed by atoms with Crippen LogP contribution >= 0.6 is 11.3 Å². The first-order valence-corrected chi connectivity index (χ1v) is 15.3. The van der Waals surface area contributed by atoms with Crippen molar-refractivity contribution in [2.75, 3.05) is 38.1 Å². The van der Waals surface area contributed by atoms with Gasteiger partial charge in [0, 0.05) is 36.6 Å². The average molecular weight is 563 g/mol. The van der Waals surface area contributed by atoms with Gasteiger partial charge in [0.05, 0.1) is 17.1 Å². The minimum absolute atomic E-state index is 0.124. The maximum atomic E-state index is 13.2. The van der Waals surface area contributed by atoms with Crippen LogP contribution in [0.5, 0.6) is 0 Å². The zero-order valence-corrected chi connectivity index (χ0v) is 23.4. The number of fused-ring (bicyclic) bond motifs is 1. The number of hydrogen-bond donors (Lipinski definition) is 2. The van der Waals surface area contributed by atoms with Gasteiger partial charge in [0.15, 0.2) is 0 Å². The summed E-state index contributed by atoms with van der Waals surface area (Å²) in [6, 6.07) is 5.85. The van der Waals surface area contributed by atoms with Crippen molar-refractivity contribution in [3.63, 3.8) is 0 Å². The molecule has 0 spiro atoms. The molecule has 2 aliphatic rings. The fourth-order valence-electron chi connectivity index (χ4n) is 4.76. The molecule has 12 heteroatoms. The molecule has 1 aromatic carbocycles. The monoisotopic (exact) mass is 562 g/mol. The molecule has 2 N–H and O–H groups in total. The van der Waals surface area contributed by atoms with E-state index >= 15 is 0 Å². The number of amides is 3. The Labute approximate surface area is 227 Å². The standard InChI is InChI=1S/C26H34N4O6S2/c1-3-29-16-13-20-21(17-29)37-25(22(20)24(32)28-26(33)36-4-2)27-23(31)18-9-11-19(12-10-18)38(34,35)30-14-7-5-6-8-15-30/h9-12H,3-8,13-17H2,1-2H3,(H,27,31)(H,28,32,33). The lowest BCUT2D eigenvalue weighted by Gasteiger charge is -2.25. The number of hydrogen-bond acceptors (Lipinski definition) is 8. The number of likely N-dealkylation sites (N-methyl/N-ethyl adjacent to an activating group) is 1. The molecule has 3 heterocycles. The maximum absolute atomic E-state index is 13.2. The summed E-state index contributed by atoms with van der Waals surface area (Å²) in [7, 11) is -3.63. The second kappa shape index (κ2) is 12.4. The van der Waals surface area contributed by atoms with E-state index < -0.39 is 27.9 Å². The number of nitrogens with one attached hydrogen (secondary N) is 2. The number of anilines is 1. The highest BCUT2D eigenvalue weighted by atomic mass is 32.2. The molecular formula is C26H34N4O6S2. The van der Waals surface area contributed by atoms with Crippen LogP contribution in [0.3, 0.4) is 0 Å². The highest BCUT2D eigenvalue weighted by molar-refractivity contribution is 7.89. The quantitative estimate of drug-likeness (QED) is 0.525. The second-order valence-electron chi connectivity index (χ2n) is 9.30. The first-order chi connectivity index (χ1) is 18.2. The predicted molar refractivity (Wildman–Crippen MR) is 145 cm³/mol. The van der Waals surface area contributed by atoms with Crippen LogP contribution in [0.2, 0.25) is 0 Å². The number of rotatable bonds is 7. The molecular weight excluding hydrogens is 528 g/mol. The summed E-state index contributed by atoms with van der Waals surface area (Å²) in [5.41, 5.74) is 1.34. The molecule has 206 valence electrons. The fourth-order valence-corrected chi connectivity index (χ4v) is 7.56. The summed E-state index contributed by atoms with van der Waals surface area (Å²) in [5.74, 6) is -1.10. The predicted octanol–water partition coefficient (Wildman–Crippen LogP) is 3.83. The van der Waals surface area contributed by atoms with Gasteiger partial charge in [-0.15, -0.1) is 11.3 Å². The van der Waals surface area contributed by atoms with Gasteiger partial charge in [-0.25, -0.2) is 13.2 Å². The van der Waals surface area contributed by atoms with Crippen molar-refractivity contribution in [1.29, 1.82) is 0 Å². The van der Waals surface area contributed by atoms with Crippen molar-refractivity contribution < 1.29 is 27.5 Å². The van der Waals surface area contributed by atoms with Gasteiger partial charge < -0.3 is 10.1 Å². The van der Waals surface area contributed by atoms with Crippen molar-refractivity contribution in [1.82, 2.24) is 14.5 Å². The molecule has 4 rings (SSSR count). The highest BCUT2D eigenvalue weighted by Gasteiger charge is 2.30. The number of ether oxygens (including phenoxy) is 1. The third-order valence-electron chi connectivity index (χ3n) is 6.85. The Kier molecular flexibility index (Phi) is 9.19. The van der Waals surface area contributed by atoms with Crippen LogP contribution in [0.25, 0.3) is 0 Å². The van der Waals surface area contributed by atoms with Crippen molar-refractivity contribution in [3.8, 4) is 0 Å². The number of benzene rings is 1. The summed E-state index contributed by atoms with van der Waals surface area (Å²) < 4.78 is 32.5. The van der Waals surface area contributed by atoms with Gasteiger partial charge in [-0.2, -0.15) is 4.31 Å². The molecule has 0 radical (unpaired) electrons. The molecule has 0 unspecified atom stereocenters. The lowest BCUT2D eigenvalue weighted by atomic mass is 10.0. The Bertz CT molecular complexity index is 1280. The van der Waals surface area contributed by atoms with Crippen LogP contribution in [-0.2, 0) is 27.7 Å². The van der Waals surface area contributed by atoms with Gasteiger partial charge in [-0.3, -0.25) is 19.8 Å². The highest BCUT2D eigenvalue weighted by Crippen LogP contribution is 2.37. The summed E-state index contributed by atoms with van der Waals surface area (Å²) in [6.45, 7) is 7.10. The molecule has 3 amide bonds. The van der Waals surface area contributed by atoms with E-state index in [1.807, 2.05) is 0 Å². The number of carbonyl (C=O) groups is 3. The minimum atomic E-state index is -3.63. The van der Waals surface area contributed by atoms with E-state index in [9.17, 15) is 22.8 Å². The van der Waals surface area contributed by atoms with Crippen LogP contribution < -0.4 is 10.6 Å². The zero-order valence-electron chi connectivity index (χ0n) is 21.7. The van der Waals surface area contributed by atoms with Crippen molar-refractivity contribution in [2.24, 2.45) is 0 Å². The Morgan fingerprint density at radius 2 is 1.66 bits per heavy atom. The minimum Gasteiger partial charge on any atom is -0.450 e. The maximum Gasteiger partial charge on any atom is 0.414 e. The largest absolute Gasteiger partial charge is 0.450 e. The van der Waals surface area contributed by atoms with Crippen molar-refractivity contribution in [3.05, 3.63) is 45.8 Å². The van der Waals surface area contributed by atoms with E-state index in [4.69, 9.17) is 4.74 Å². The molecule has 10 nitrogen and oxygen atoms in total. The number of alkyl carbamates (subject to hydrolysis) is 1. The Morgan fingerprint density at radius 3 is 2.29 bits per heavy atom. The molecule has 0 aliphatic carbocycles. The van der Waals surface area contributed by atoms with Crippen LogP contribution in [0.15, 0.2) is 29.2 Å². The third-order valence-corrected chi connectivity index (χ3v) is 9.89. The average Bonchev–Trinajstić information content (AvgIpc) is 3.05. The first kappa shape index (κ1) is 28.2. The summed E-state index contributed by atoms with van der Waals surface area (Å²) in [4.78, 5) is 41.5. The van der Waals surface area contributed by atoms with Gasteiger partial charge in [0.25, 0.3) is 11.8 Å². The number of thiophene rings is 1. The summed E-state index contributed by atoms with van der Waals surface area (Å²) >= 11 is 1.31. The van der Waals surface area contributed by atoms with Crippen LogP contribution in [-0.4, -0.2) is 68.3 Å². The molecule has 0 saturated carbocycles. The van der Waals surface area contributed by atoms with Gasteiger partial charge in [0.2, 0.25) is 10.0 Å².